The van der Waals surface area contributed by atoms with Gasteiger partial charge in [-0.3, -0.25) is 4.79 Å². The molecule has 2 aromatic rings. The second kappa shape index (κ2) is 5.61. The van der Waals surface area contributed by atoms with Crippen molar-refractivity contribution in [2.45, 2.75) is 0 Å². The molecule has 0 radical (unpaired) electrons. The molecular weight excluding hydrogens is 234 g/mol. The zero-order valence-electron chi connectivity index (χ0n) is 9.86. The summed E-state index contributed by atoms with van der Waals surface area (Å²) >= 11 is 0. The van der Waals surface area contributed by atoms with E-state index in [0.717, 1.165) is 0 Å². The van der Waals surface area contributed by atoms with Crippen LogP contribution in [0.5, 0.6) is 0 Å². The van der Waals surface area contributed by atoms with Crippen LogP contribution in [0.2, 0.25) is 0 Å². The molecule has 0 spiro atoms. The van der Waals surface area contributed by atoms with Gasteiger partial charge >= 0.3 is 0 Å². The maximum absolute atomic E-state index is 12.3. The Morgan fingerprint density at radius 2 is 2.00 bits per heavy atom. The highest BCUT2D eigenvalue weighted by molar-refractivity contribution is 6.00. The highest BCUT2D eigenvalue weighted by Crippen LogP contribution is 2.12. The number of aliphatic hydroxyl groups is 2. The van der Waals surface area contributed by atoms with E-state index in [4.69, 9.17) is 10.2 Å². The summed E-state index contributed by atoms with van der Waals surface area (Å²) in [5, 5.41) is 21.9. The Morgan fingerprint density at radius 3 is 2.67 bits per heavy atom. The SMILES string of the molecule is O=C(c1cnn2ccccc12)N(CCO)CCO. The fraction of sp³-hybridized carbons (Fsp3) is 0.333. The Bertz CT molecular complexity index is 532. The smallest absolute Gasteiger partial charge is 0.257 e. The molecule has 0 fully saturated rings. The third kappa shape index (κ3) is 2.34. The minimum absolute atomic E-state index is 0.134. The van der Waals surface area contributed by atoms with Gasteiger partial charge in [0.2, 0.25) is 0 Å². The first-order valence-corrected chi connectivity index (χ1v) is 5.71. The number of hydrogen-bond acceptors (Lipinski definition) is 4. The van der Waals surface area contributed by atoms with Crippen molar-refractivity contribution in [3.8, 4) is 0 Å². The molecule has 6 heteroatoms. The van der Waals surface area contributed by atoms with Gasteiger partial charge in [-0.25, -0.2) is 4.52 Å². The molecule has 96 valence electrons. The largest absolute Gasteiger partial charge is 0.395 e. The van der Waals surface area contributed by atoms with E-state index in [1.165, 1.54) is 11.1 Å². The molecule has 6 nitrogen and oxygen atoms in total. The van der Waals surface area contributed by atoms with Gasteiger partial charge in [0.05, 0.1) is 30.5 Å². The number of rotatable bonds is 5. The molecule has 0 unspecified atom stereocenters. The summed E-state index contributed by atoms with van der Waals surface area (Å²) in [6.45, 7) is 0.128. The molecule has 0 aliphatic carbocycles. The van der Waals surface area contributed by atoms with E-state index in [1.54, 1.807) is 16.8 Å². The molecule has 2 heterocycles. The van der Waals surface area contributed by atoms with Crippen LogP contribution < -0.4 is 0 Å². The van der Waals surface area contributed by atoms with Gasteiger partial charge in [0.1, 0.15) is 0 Å². The zero-order valence-corrected chi connectivity index (χ0v) is 9.86. The van der Waals surface area contributed by atoms with Crippen LogP contribution in [0, 0.1) is 0 Å². The molecule has 0 aliphatic heterocycles. The Morgan fingerprint density at radius 1 is 1.28 bits per heavy atom. The molecule has 18 heavy (non-hydrogen) atoms. The average molecular weight is 249 g/mol. The lowest BCUT2D eigenvalue weighted by atomic mass is 10.2. The van der Waals surface area contributed by atoms with Crippen LogP contribution in [0.15, 0.2) is 30.6 Å². The number of amides is 1. The first-order chi connectivity index (χ1) is 8.77. The molecule has 2 aromatic heterocycles. The Kier molecular flexibility index (Phi) is 3.91. The zero-order chi connectivity index (χ0) is 13.0. The van der Waals surface area contributed by atoms with Crippen molar-refractivity contribution >= 4 is 11.4 Å². The van der Waals surface area contributed by atoms with Gasteiger partial charge in [0.15, 0.2) is 0 Å². The number of carbonyl (C=O) groups is 1. The van der Waals surface area contributed by atoms with Crippen molar-refractivity contribution in [3.63, 3.8) is 0 Å². The third-order valence-electron chi connectivity index (χ3n) is 2.68. The standard InChI is InChI=1S/C12H15N3O3/c16-7-5-14(6-8-17)12(18)10-9-13-15-4-2-1-3-11(10)15/h1-4,9,16-17H,5-8H2. The molecule has 0 atom stereocenters. The quantitative estimate of drug-likeness (QED) is 0.766. The van der Waals surface area contributed by atoms with Crippen LogP contribution in [0.3, 0.4) is 0 Å². The van der Waals surface area contributed by atoms with E-state index in [9.17, 15) is 4.79 Å². The Balaban J connectivity index is 2.31. The van der Waals surface area contributed by atoms with Gasteiger partial charge in [-0.2, -0.15) is 5.10 Å². The topological polar surface area (TPSA) is 78.1 Å². The van der Waals surface area contributed by atoms with E-state index in [1.807, 2.05) is 12.1 Å². The van der Waals surface area contributed by atoms with Crippen molar-refractivity contribution < 1.29 is 15.0 Å². The summed E-state index contributed by atoms with van der Waals surface area (Å²) < 4.78 is 1.61. The van der Waals surface area contributed by atoms with Gasteiger partial charge in [0, 0.05) is 19.3 Å². The summed E-state index contributed by atoms with van der Waals surface area (Å²) in [6, 6.07) is 5.46. The van der Waals surface area contributed by atoms with Gasteiger partial charge in [0.25, 0.3) is 5.91 Å². The maximum atomic E-state index is 12.3. The molecule has 0 bridgehead atoms. The molecule has 2 rings (SSSR count). The van der Waals surface area contributed by atoms with Crippen LogP contribution in [0.1, 0.15) is 10.4 Å². The van der Waals surface area contributed by atoms with E-state index in [0.29, 0.717) is 11.1 Å². The first-order valence-electron chi connectivity index (χ1n) is 5.71. The Hall–Kier alpha value is -1.92. The van der Waals surface area contributed by atoms with Crippen molar-refractivity contribution in [2.75, 3.05) is 26.3 Å². The van der Waals surface area contributed by atoms with Crippen molar-refractivity contribution in [2.24, 2.45) is 0 Å². The number of aromatic nitrogens is 2. The number of fused-ring (bicyclic) bond motifs is 1. The maximum Gasteiger partial charge on any atom is 0.257 e. The molecule has 0 saturated heterocycles. The second-order valence-corrected chi connectivity index (χ2v) is 3.83. The van der Waals surface area contributed by atoms with Gasteiger partial charge in [-0.15, -0.1) is 0 Å². The first kappa shape index (κ1) is 12.5. The van der Waals surface area contributed by atoms with Crippen LogP contribution in [0.25, 0.3) is 5.52 Å². The van der Waals surface area contributed by atoms with Gasteiger partial charge < -0.3 is 15.1 Å². The van der Waals surface area contributed by atoms with Crippen molar-refractivity contribution in [1.29, 1.82) is 0 Å². The number of carbonyl (C=O) groups excluding carboxylic acids is 1. The fourth-order valence-corrected chi connectivity index (χ4v) is 1.83. The Labute approximate surface area is 104 Å². The number of nitrogens with zero attached hydrogens (tertiary/aromatic N) is 3. The monoisotopic (exact) mass is 249 g/mol. The summed E-state index contributed by atoms with van der Waals surface area (Å²) in [6.07, 6.45) is 3.26. The van der Waals surface area contributed by atoms with E-state index >= 15 is 0 Å². The summed E-state index contributed by atoms with van der Waals surface area (Å²) in [5.74, 6) is -0.237. The number of hydrogen-bond donors (Lipinski definition) is 2. The van der Waals surface area contributed by atoms with Crippen LogP contribution in [-0.2, 0) is 0 Å². The minimum atomic E-state index is -0.237. The fourth-order valence-electron chi connectivity index (χ4n) is 1.83. The minimum Gasteiger partial charge on any atom is -0.395 e. The lowest BCUT2D eigenvalue weighted by Gasteiger charge is -2.19. The van der Waals surface area contributed by atoms with Crippen LogP contribution >= 0.6 is 0 Å². The highest BCUT2D eigenvalue weighted by atomic mass is 16.3. The van der Waals surface area contributed by atoms with Crippen LogP contribution in [-0.4, -0.2) is 56.9 Å². The highest BCUT2D eigenvalue weighted by Gasteiger charge is 2.18. The molecule has 0 saturated carbocycles. The molecular formula is C12H15N3O3. The normalized spacial score (nSPS) is 10.8. The number of aliphatic hydroxyl groups excluding tert-OH is 2. The predicted molar refractivity (Wildman–Crippen MR) is 65.3 cm³/mol. The van der Waals surface area contributed by atoms with E-state index < -0.39 is 0 Å². The molecule has 2 N–H and O–H groups in total. The second-order valence-electron chi connectivity index (χ2n) is 3.83. The van der Waals surface area contributed by atoms with Crippen molar-refractivity contribution in [1.82, 2.24) is 14.5 Å². The molecule has 1 amide bonds. The van der Waals surface area contributed by atoms with E-state index in [2.05, 4.69) is 5.10 Å². The number of pyridine rings is 1. The lowest BCUT2D eigenvalue weighted by molar-refractivity contribution is 0.0686. The molecule has 0 aliphatic rings. The summed E-state index contributed by atoms with van der Waals surface area (Å²) in [7, 11) is 0. The third-order valence-corrected chi connectivity index (χ3v) is 2.68. The summed E-state index contributed by atoms with van der Waals surface area (Å²) in [4.78, 5) is 13.7. The van der Waals surface area contributed by atoms with E-state index in [-0.39, 0.29) is 32.2 Å². The van der Waals surface area contributed by atoms with Crippen molar-refractivity contribution in [3.05, 3.63) is 36.2 Å². The lowest BCUT2D eigenvalue weighted by Crippen LogP contribution is -2.35. The molecule has 0 aromatic carbocycles. The van der Waals surface area contributed by atoms with Gasteiger partial charge in [-0.05, 0) is 12.1 Å². The predicted octanol–water partition coefficient (Wildman–Crippen LogP) is -0.239. The summed E-state index contributed by atoms with van der Waals surface area (Å²) in [5.41, 5.74) is 1.18. The van der Waals surface area contributed by atoms with Gasteiger partial charge in [-0.1, -0.05) is 6.07 Å². The average Bonchev–Trinajstić information content (AvgIpc) is 2.81. The van der Waals surface area contributed by atoms with Crippen LogP contribution in [0.4, 0.5) is 0 Å².